The summed E-state index contributed by atoms with van der Waals surface area (Å²) >= 11 is 0. The second-order valence-corrected chi connectivity index (χ2v) is 8.48. The number of carbonyl (C=O) groups is 1. The molecule has 1 N–H and O–H groups in total. The Hall–Kier alpha value is -2.51. The molecular formula is C19H21N3O3S. The van der Waals surface area contributed by atoms with Crippen molar-refractivity contribution in [1.82, 2.24) is 9.73 Å². The number of rotatable bonds is 4. The molecule has 0 heterocycles. The van der Waals surface area contributed by atoms with Gasteiger partial charge in [0.2, 0.25) is 10.0 Å². The molecule has 0 spiro atoms. The lowest BCUT2D eigenvalue weighted by Gasteiger charge is -2.17. The molecule has 1 aliphatic carbocycles. The highest BCUT2D eigenvalue weighted by Crippen LogP contribution is 2.21. The number of nitrogens with zero attached hydrogens (tertiary/aromatic N) is 2. The maximum Gasteiger partial charge on any atom is 0.271 e. The molecule has 0 atom stereocenters. The SMILES string of the molecule is CN(C)S(=O)(=O)c1cccc(C(=O)NN=C2CCCc3ccccc32)c1. The predicted molar refractivity (Wildman–Crippen MR) is 101 cm³/mol. The molecule has 1 aliphatic rings. The molecule has 136 valence electrons. The third kappa shape index (κ3) is 3.68. The molecule has 2 aromatic rings. The van der Waals surface area contributed by atoms with Gasteiger partial charge in [0.25, 0.3) is 5.91 Å². The normalized spacial score (nSPS) is 15.7. The van der Waals surface area contributed by atoms with E-state index in [0.717, 1.165) is 34.8 Å². The number of amides is 1. The van der Waals surface area contributed by atoms with Crippen LogP contribution in [0.3, 0.4) is 0 Å². The summed E-state index contributed by atoms with van der Waals surface area (Å²) in [6.07, 6.45) is 2.79. The van der Waals surface area contributed by atoms with Crippen LogP contribution in [-0.2, 0) is 16.4 Å². The van der Waals surface area contributed by atoms with Crippen molar-refractivity contribution in [2.45, 2.75) is 24.2 Å². The van der Waals surface area contributed by atoms with Crippen molar-refractivity contribution in [2.24, 2.45) is 5.10 Å². The van der Waals surface area contributed by atoms with Gasteiger partial charge in [-0.05, 0) is 43.0 Å². The number of carbonyl (C=O) groups excluding carboxylic acids is 1. The summed E-state index contributed by atoms with van der Waals surface area (Å²) in [7, 11) is -0.685. The van der Waals surface area contributed by atoms with Crippen LogP contribution in [0.1, 0.15) is 34.3 Å². The van der Waals surface area contributed by atoms with Gasteiger partial charge in [-0.2, -0.15) is 5.10 Å². The molecule has 2 aromatic carbocycles. The van der Waals surface area contributed by atoms with E-state index in [1.807, 2.05) is 18.2 Å². The predicted octanol–water partition coefficient (Wildman–Crippen LogP) is 2.41. The van der Waals surface area contributed by atoms with E-state index >= 15 is 0 Å². The van der Waals surface area contributed by atoms with Crippen LogP contribution < -0.4 is 5.43 Å². The first-order valence-corrected chi connectivity index (χ1v) is 9.81. The smallest absolute Gasteiger partial charge is 0.267 e. The molecular weight excluding hydrogens is 350 g/mol. The molecule has 0 aromatic heterocycles. The Balaban J connectivity index is 1.82. The number of nitrogens with one attached hydrogen (secondary N) is 1. The largest absolute Gasteiger partial charge is 0.271 e. The van der Waals surface area contributed by atoms with Crippen molar-refractivity contribution in [3.8, 4) is 0 Å². The van der Waals surface area contributed by atoms with Crippen LogP contribution in [0.2, 0.25) is 0 Å². The fourth-order valence-electron chi connectivity index (χ4n) is 2.91. The molecule has 3 rings (SSSR count). The fourth-order valence-corrected chi connectivity index (χ4v) is 3.86. The Morgan fingerprint density at radius 1 is 1.08 bits per heavy atom. The highest BCUT2D eigenvalue weighted by atomic mass is 32.2. The topological polar surface area (TPSA) is 78.8 Å². The molecule has 7 heteroatoms. The van der Waals surface area contributed by atoms with Crippen LogP contribution in [-0.4, -0.2) is 38.4 Å². The summed E-state index contributed by atoms with van der Waals surface area (Å²) in [4.78, 5) is 12.5. The van der Waals surface area contributed by atoms with Crippen molar-refractivity contribution >= 4 is 21.6 Å². The zero-order chi connectivity index (χ0) is 18.7. The van der Waals surface area contributed by atoms with E-state index in [2.05, 4.69) is 16.6 Å². The number of benzene rings is 2. The van der Waals surface area contributed by atoms with Crippen molar-refractivity contribution in [2.75, 3.05) is 14.1 Å². The molecule has 1 amide bonds. The van der Waals surface area contributed by atoms with Gasteiger partial charge in [-0.15, -0.1) is 0 Å². The van der Waals surface area contributed by atoms with Crippen LogP contribution >= 0.6 is 0 Å². The molecule has 0 unspecified atom stereocenters. The fraction of sp³-hybridized carbons (Fsp3) is 0.263. The van der Waals surface area contributed by atoms with Crippen molar-refractivity contribution in [3.63, 3.8) is 0 Å². The number of hydrazone groups is 1. The Morgan fingerprint density at radius 2 is 1.85 bits per heavy atom. The first-order valence-electron chi connectivity index (χ1n) is 8.37. The number of sulfonamides is 1. The quantitative estimate of drug-likeness (QED) is 0.838. The van der Waals surface area contributed by atoms with Gasteiger partial charge in [-0.3, -0.25) is 4.79 Å². The Bertz CT molecular complexity index is 965. The first kappa shape index (κ1) is 18.3. The molecule has 0 fully saturated rings. The van der Waals surface area contributed by atoms with Gasteiger partial charge in [0, 0.05) is 25.2 Å². The van der Waals surface area contributed by atoms with E-state index in [9.17, 15) is 13.2 Å². The van der Waals surface area contributed by atoms with Crippen LogP contribution in [0.5, 0.6) is 0 Å². The Morgan fingerprint density at radius 3 is 2.62 bits per heavy atom. The first-order chi connectivity index (χ1) is 12.4. The highest BCUT2D eigenvalue weighted by Gasteiger charge is 2.19. The van der Waals surface area contributed by atoms with Gasteiger partial charge >= 0.3 is 0 Å². The number of hydrogen-bond donors (Lipinski definition) is 1. The van der Waals surface area contributed by atoms with Gasteiger partial charge in [0.15, 0.2) is 0 Å². The van der Waals surface area contributed by atoms with Crippen LogP contribution in [0, 0.1) is 0 Å². The van der Waals surface area contributed by atoms with Crippen molar-refractivity contribution in [1.29, 1.82) is 0 Å². The summed E-state index contributed by atoms with van der Waals surface area (Å²) in [6.45, 7) is 0. The zero-order valence-electron chi connectivity index (χ0n) is 14.8. The van der Waals surface area contributed by atoms with E-state index in [-0.39, 0.29) is 10.5 Å². The molecule has 6 nitrogen and oxygen atoms in total. The van der Waals surface area contributed by atoms with Crippen LogP contribution in [0.15, 0.2) is 58.5 Å². The molecule has 0 saturated carbocycles. The summed E-state index contributed by atoms with van der Waals surface area (Å²) in [5.74, 6) is -0.434. The standard InChI is InChI=1S/C19H21N3O3S/c1-22(2)26(24,25)16-10-5-9-15(13-16)19(23)21-20-18-12-6-8-14-7-3-4-11-17(14)18/h3-5,7,9-11,13H,6,8,12H2,1-2H3,(H,21,23). The van der Waals surface area contributed by atoms with Crippen molar-refractivity contribution < 1.29 is 13.2 Å². The van der Waals surface area contributed by atoms with E-state index in [4.69, 9.17) is 0 Å². The van der Waals surface area contributed by atoms with E-state index in [1.165, 1.54) is 31.8 Å². The zero-order valence-corrected chi connectivity index (χ0v) is 15.6. The molecule has 0 bridgehead atoms. The summed E-state index contributed by atoms with van der Waals surface area (Å²) in [5, 5.41) is 4.29. The molecule has 0 aliphatic heterocycles. The van der Waals surface area contributed by atoms with E-state index in [1.54, 1.807) is 12.1 Å². The Kier molecular flexibility index (Phi) is 5.20. The van der Waals surface area contributed by atoms with E-state index < -0.39 is 15.9 Å². The minimum absolute atomic E-state index is 0.0748. The maximum absolute atomic E-state index is 12.4. The van der Waals surface area contributed by atoms with Crippen LogP contribution in [0.25, 0.3) is 0 Å². The summed E-state index contributed by atoms with van der Waals surface area (Å²) in [5.41, 5.74) is 5.94. The van der Waals surface area contributed by atoms with Crippen LogP contribution in [0.4, 0.5) is 0 Å². The highest BCUT2D eigenvalue weighted by molar-refractivity contribution is 7.89. The third-order valence-electron chi connectivity index (χ3n) is 4.36. The lowest BCUT2D eigenvalue weighted by atomic mass is 9.90. The minimum atomic E-state index is -3.59. The Labute approximate surface area is 153 Å². The summed E-state index contributed by atoms with van der Waals surface area (Å²) < 4.78 is 25.5. The second-order valence-electron chi connectivity index (χ2n) is 6.33. The summed E-state index contributed by atoms with van der Waals surface area (Å²) in [6, 6.07) is 14.0. The number of fused-ring (bicyclic) bond motifs is 1. The maximum atomic E-state index is 12.4. The molecule has 0 radical (unpaired) electrons. The third-order valence-corrected chi connectivity index (χ3v) is 6.17. The van der Waals surface area contributed by atoms with Gasteiger partial charge in [-0.25, -0.2) is 18.1 Å². The van der Waals surface area contributed by atoms with E-state index in [0.29, 0.717) is 0 Å². The molecule has 26 heavy (non-hydrogen) atoms. The average Bonchev–Trinajstić information content (AvgIpc) is 2.66. The lowest BCUT2D eigenvalue weighted by Crippen LogP contribution is -2.24. The number of hydrogen-bond acceptors (Lipinski definition) is 4. The number of aryl methyl sites for hydroxylation is 1. The molecule has 0 saturated heterocycles. The minimum Gasteiger partial charge on any atom is -0.267 e. The monoisotopic (exact) mass is 371 g/mol. The lowest BCUT2D eigenvalue weighted by molar-refractivity contribution is 0.0954. The second kappa shape index (κ2) is 7.39. The van der Waals surface area contributed by atoms with Gasteiger partial charge < -0.3 is 0 Å². The van der Waals surface area contributed by atoms with Crippen molar-refractivity contribution in [3.05, 3.63) is 65.2 Å². The van der Waals surface area contributed by atoms with Gasteiger partial charge in [-0.1, -0.05) is 30.3 Å². The van der Waals surface area contributed by atoms with Gasteiger partial charge in [0.1, 0.15) is 0 Å². The average molecular weight is 371 g/mol. The van der Waals surface area contributed by atoms with Gasteiger partial charge in [0.05, 0.1) is 10.6 Å².